The summed E-state index contributed by atoms with van der Waals surface area (Å²) in [6, 6.07) is 12.4. The average molecular weight is 310 g/mol. The minimum Gasteiger partial charge on any atom is -0.327 e. The van der Waals surface area contributed by atoms with Gasteiger partial charge in [0.25, 0.3) is 0 Å². The Morgan fingerprint density at radius 2 is 1.90 bits per heavy atom. The van der Waals surface area contributed by atoms with E-state index in [0.717, 1.165) is 28.2 Å². The topological polar surface area (TPSA) is 26.0 Å². The van der Waals surface area contributed by atoms with Crippen LogP contribution in [0.4, 0.5) is 4.39 Å². The highest BCUT2D eigenvalue weighted by atomic mass is 35.5. The fourth-order valence-electron chi connectivity index (χ4n) is 1.86. The van der Waals surface area contributed by atoms with Crippen LogP contribution in [0.3, 0.4) is 0 Å². The first-order valence-corrected chi connectivity index (χ1v) is 7.75. The number of hydrogen-bond acceptors (Lipinski definition) is 2. The summed E-state index contributed by atoms with van der Waals surface area (Å²) >= 11 is 7.67. The highest BCUT2D eigenvalue weighted by Gasteiger charge is 2.09. The van der Waals surface area contributed by atoms with Gasteiger partial charge in [-0.25, -0.2) is 4.39 Å². The smallest absolute Gasteiger partial charge is 0.123 e. The molecule has 106 valence electrons. The van der Waals surface area contributed by atoms with Crippen LogP contribution in [0.15, 0.2) is 52.3 Å². The number of halogens is 2. The van der Waals surface area contributed by atoms with E-state index in [1.165, 1.54) is 12.1 Å². The molecule has 0 amide bonds. The third-order valence-corrected chi connectivity index (χ3v) is 4.43. The predicted octanol–water partition coefficient (Wildman–Crippen LogP) is 4.91. The largest absolute Gasteiger partial charge is 0.327 e. The van der Waals surface area contributed by atoms with Gasteiger partial charge < -0.3 is 5.73 Å². The molecule has 1 atom stereocenters. The quantitative estimate of drug-likeness (QED) is 0.849. The van der Waals surface area contributed by atoms with E-state index in [-0.39, 0.29) is 11.9 Å². The Balaban J connectivity index is 2.23. The lowest BCUT2D eigenvalue weighted by Crippen LogP contribution is -2.21. The zero-order chi connectivity index (χ0) is 14.5. The number of rotatable bonds is 5. The summed E-state index contributed by atoms with van der Waals surface area (Å²) in [5.74, 6) is -0.223. The van der Waals surface area contributed by atoms with Gasteiger partial charge in [0.15, 0.2) is 0 Å². The van der Waals surface area contributed by atoms with Gasteiger partial charge in [-0.1, -0.05) is 30.3 Å². The van der Waals surface area contributed by atoms with Crippen LogP contribution < -0.4 is 5.73 Å². The minimum atomic E-state index is -0.223. The Morgan fingerprint density at radius 1 is 1.20 bits per heavy atom. The molecule has 2 aromatic rings. The Kier molecular flexibility index (Phi) is 5.46. The van der Waals surface area contributed by atoms with Crippen molar-refractivity contribution < 1.29 is 4.39 Å². The molecule has 0 radical (unpaired) electrons. The maximum Gasteiger partial charge on any atom is 0.123 e. The Labute approximate surface area is 128 Å². The fraction of sp³-hybridized carbons (Fsp3) is 0.250. The molecule has 4 heteroatoms. The van der Waals surface area contributed by atoms with Gasteiger partial charge in [-0.15, -0.1) is 0 Å². The molecule has 1 nitrogen and oxygen atoms in total. The van der Waals surface area contributed by atoms with Crippen molar-refractivity contribution >= 4 is 23.4 Å². The normalized spacial score (nSPS) is 12.4. The van der Waals surface area contributed by atoms with Crippen molar-refractivity contribution in [3.63, 3.8) is 0 Å². The van der Waals surface area contributed by atoms with Crippen molar-refractivity contribution in [2.24, 2.45) is 5.73 Å². The number of benzene rings is 2. The fourth-order valence-corrected chi connectivity index (χ4v) is 2.99. The van der Waals surface area contributed by atoms with E-state index in [1.54, 1.807) is 23.9 Å². The van der Waals surface area contributed by atoms with Crippen molar-refractivity contribution in [2.75, 3.05) is 0 Å². The van der Waals surface area contributed by atoms with Gasteiger partial charge in [0.2, 0.25) is 0 Å². The average Bonchev–Trinajstić information content (AvgIpc) is 2.44. The summed E-state index contributed by atoms with van der Waals surface area (Å²) in [4.78, 5) is 2.12. The van der Waals surface area contributed by atoms with E-state index in [1.807, 2.05) is 18.2 Å². The maximum atomic E-state index is 12.9. The summed E-state index contributed by atoms with van der Waals surface area (Å²) in [6.07, 6.45) is 1.72. The van der Waals surface area contributed by atoms with Gasteiger partial charge in [-0.05, 0) is 60.9 Å². The lowest BCUT2D eigenvalue weighted by molar-refractivity contribution is 0.626. The van der Waals surface area contributed by atoms with Crippen LogP contribution in [0.1, 0.15) is 18.9 Å². The van der Waals surface area contributed by atoms with Gasteiger partial charge in [0, 0.05) is 20.9 Å². The lowest BCUT2D eigenvalue weighted by atomic mass is 10.0. The molecule has 0 saturated heterocycles. The standard InChI is InChI=1S/C16H17ClFNS/c1-2-14(19)10-11-9-12(17)3-8-16(11)20-15-6-4-13(18)5-7-15/h3-9,14H,2,10,19H2,1H3. The van der Waals surface area contributed by atoms with E-state index < -0.39 is 0 Å². The molecule has 20 heavy (non-hydrogen) atoms. The molecule has 2 rings (SSSR count). The number of nitrogens with two attached hydrogens (primary N) is 1. The molecule has 0 bridgehead atoms. The molecular weight excluding hydrogens is 293 g/mol. The van der Waals surface area contributed by atoms with Gasteiger partial charge in [0.05, 0.1) is 0 Å². The molecule has 0 aliphatic carbocycles. The second-order valence-electron chi connectivity index (χ2n) is 4.68. The first-order chi connectivity index (χ1) is 9.58. The van der Waals surface area contributed by atoms with Crippen LogP contribution in [0.2, 0.25) is 5.02 Å². The summed E-state index contributed by atoms with van der Waals surface area (Å²) in [5, 5.41) is 0.715. The van der Waals surface area contributed by atoms with Crippen molar-refractivity contribution in [2.45, 2.75) is 35.6 Å². The molecule has 0 heterocycles. The van der Waals surface area contributed by atoms with E-state index in [2.05, 4.69) is 6.92 Å². The summed E-state index contributed by atoms with van der Waals surface area (Å²) < 4.78 is 12.9. The second kappa shape index (κ2) is 7.11. The zero-order valence-corrected chi connectivity index (χ0v) is 12.8. The van der Waals surface area contributed by atoms with Gasteiger partial charge >= 0.3 is 0 Å². The minimum absolute atomic E-state index is 0.126. The van der Waals surface area contributed by atoms with Crippen molar-refractivity contribution in [3.8, 4) is 0 Å². The monoisotopic (exact) mass is 309 g/mol. The first-order valence-electron chi connectivity index (χ1n) is 6.56. The zero-order valence-electron chi connectivity index (χ0n) is 11.3. The van der Waals surface area contributed by atoms with Crippen molar-refractivity contribution in [3.05, 3.63) is 58.9 Å². The van der Waals surface area contributed by atoms with Crippen LogP contribution in [0, 0.1) is 5.82 Å². The Bertz CT molecular complexity index is 571. The number of hydrogen-bond donors (Lipinski definition) is 1. The lowest BCUT2D eigenvalue weighted by Gasteiger charge is -2.13. The molecule has 0 aromatic heterocycles. The Morgan fingerprint density at radius 3 is 2.55 bits per heavy atom. The van der Waals surface area contributed by atoms with Crippen LogP contribution in [-0.2, 0) is 6.42 Å². The molecule has 0 spiro atoms. The SMILES string of the molecule is CCC(N)Cc1cc(Cl)ccc1Sc1ccc(F)cc1. The molecule has 0 saturated carbocycles. The molecule has 2 N–H and O–H groups in total. The highest BCUT2D eigenvalue weighted by Crippen LogP contribution is 2.32. The van der Waals surface area contributed by atoms with Crippen molar-refractivity contribution in [1.82, 2.24) is 0 Å². The van der Waals surface area contributed by atoms with E-state index >= 15 is 0 Å². The van der Waals surface area contributed by atoms with Crippen LogP contribution in [0.5, 0.6) is 0 Å². The van der Waals surface area contributed by atoms with Crippen molar-refractivity contribution in [1.29, 1.82) is 0 Å². The third-order valence-electron chi connectivity index (χ3n) is 3.07. The van der Waals surface area contributed by atoms with E-state index in [4.69, 9.17) is 17.3 Å². The molecule has 0 fully saturated rings. The summed E-state index contributed by atoms with van der Waals surface area (Å²) in [5.41, 5.74) is 7.18. The molecular formula is C16H17ClFNS. The third kappa shape index (κ3) is 4.23. The first kappa shape index (κ1) is 15.4. The molecule has 0 aliphatic heterocycles. The van der Waals surface area contributed by atoms with Gasteiger partial charge in [0.1, 0.15) is 5.82 Å². The van der Waals surface area contributed by atoms with E-state index in [9.17, 15) is 4.39 Å². The van der Waals surface area contributed by atoms with Crippen LogP contribution >= 0.6 is 23.4 Å². The summed E-state index contributed by atoms with van der Waals surface area (Å²) in [6.45, 7) is 2.07. The highest BCUT2D eigenvalue weighted by molar-refractivity contribution is 7.99. The van der Waals surface area contributed by atoms with E-state index in [0.29, 0.717) is 5.02 Å². The second-order valence-corrected chi connectivity index (χ2v) is 6.23. The Hall–Kier alpha value is -1.03. The molecule has 2 aromatic carbocycles. The van der Waals surface area contributed by atoms with Gasteiger partial charge in [-0.2, -0.15) is 0 Å². The van der Waals surface area contributed by atoms with Crippen LogP contribution in [-0.4, -0.2) is 6.04 Å². The molecule has 0 aliphatic rings. The van der Waals surface area contributed by atoms with Gasteiger partial charge in [-0.3, -0.25) is 0 Å². The summed E-state index contributed by atoms with van der Waals surface area (Å²) in [7, 11) is 0. The maximum absolute atomic E-state index is 12.9. The predicted molar refractivity (Wildman–Crippen MR) is 83.9 cm³/mol. The molecule has 1 unspecified atom stereocenters. The van der Waals surface area contributed by atoms with Crippen LogP contribution in [0.25, 0.3) is 0 Å².